The van der Waals surface area contributed by atoms with Crippen LogP contribution in [0.4, 0.5) is 20.4 Å². The number of nitrogens with zero attached hydrogens (tertiary/aromatic N) is 3. The monoisotopic (exact) mass is 271 g/mol. The van der Waals surface area contributed by atoms with Crippen molar-refractivity contribution in [1.29, 1.82) is 0 Å². The number of halogens is 2. The second-order valence-corrected chi connectivity index (χ2v) is 3.89. The summed E-state index contributed by atoms with van der Waals surface area (Å²) in [5.41, 5.74) is 1.66. The van der Waals surface area contributed by atoms with Gasteiger partial charge in [-0.15, -0.1) is 0 Å². The van der Waals surface area contributed by atoms with Gasteiger partial charge in [0.2, 0.25) is 0 Å². The molecule has 0 bridgehead atoms. The van der Waals surface area contributed by atoms with Crippen LogP contribution in [0.1, 0.15) is 11.1 Å². The maximum Gasteiger partial charge on any atom is 0.190 e. The fourth-order valence-corrected chi connectivity index (χ4v) is 1.55. The first-order valence-electron chi connectivity index (χ1n) is 5.73. The van der Waals surface area contributed by atoms with E-state index in [9.17, 15) is 8.78 Å². The molecule has 0 amide bonds. The molecule has 1 aromatic heterocycles. The minimum Gasteiger partial charge on any atom is -0.242 e. The van der Waals surface area contributed by atoms with Crippen molar-refractivity contribution in [1.82, 2.24) is 4.98 Å². The third-order valence-corrected chi connectivity index (χ3v) is 2.52. The highest BCUT2D eigenvalue weighted by Gasteiger charge is 2.09. The topological polar surface area (TPSA) is 37.6 Å². The first-order chi connectivity index (χ1) is 9.63. The van der Waals surface area contributed by atoms with Gasteiger partial charge in [-0.1, -0.05) is 30.9 Å². The Bertz CT molecular complexity index is 694. The zero-order valence-electron chi connectivity index (χ0n) is 10.6. The van der Waals surface area contributed by atoms with Gasteiger partial charge in [-0.3, -0.25) is 0 Å². The lowest BCUT2D eigenvalue weighted by atomic mass is 10.1. The highest BCUT2D eigenvalue weighted by molar-refractivity contribution is 5.82. The second kappa shape index (κ2) is 5.97. The number of rotatable bonds is 4. The Kier molecular flexibility index (Phi) is 4.10. The molecular formula is C15H11F2N3. The highest BCUT2D eigenvalue weighted by atomic mass is 19.1. The van der Waals surface area contributed by atoms with Gasteiger partial charge < -0.3 is 0 Å². The number of hydrogen-bond donors (Lipinski definition) is 0. The van der Waals surface area contributed by atoms with E-state index in [-0.39, 0.29) is 11.6 Å². The van der Waals surface area contributed by atoms with Crippen LogP contribution in [0.15, 0.2) is 46.9 Å². The fraction of sp³-hybridized carbons (Fsp3) is 0. The lowest BCUT2D eigenvalue weighted by molar-refractivity contribution is 0.577. The first-order valence-corrected chi connectivity index (χ1v) is 5.73. The summed E-state index contributed by atoms with van der Waals surface area (Å²) in [6.45, 7) is 6.82. The van der Waals surface area contributed by atoms with Crippen LogP contribution in [0.2, 0.25) is 0 Å². The Hall–Kier alpha value is -2.69. The molecule has 1 heterocycles. The molecule has 0 saturated carbocycles. The Balaban J connectivity index is 2.35. The molecule has 2 rings (SSSR count). The van der Waals surface area contributed by atoms with Crippen molar-refractivity contribution in [2.45, 2.75) is 0 Å². The van der Waals surface area contributed by atoms with Crippen molar-refractivity contribution in [2.24, 2.45) is 9.98 Å². The minimum atomic E-state index is -0.870. The summed E-state index contributed by atoms with van der Waals surface area (Å²) < 4.78 is 26.7. The Morgan fingerprint density at radius 3 is 2.45 bits per heavy atom. The molecule has 0 aliphatic heterocycles. The number of aliphatic imine (C=N–C) groups is 2. The van der Waals surface area contributed by atoms with Gasteiger partial charge >= 0.3 is 0 Å². The molecule has 3 nitrogen and oxygen atoms in total. The third kappa shape index (κ3) is 3.00. The normalized spacial score (nSPS) is 10.7. The lowest BCUT2D eigenvalue weighted by Crippen LogP contribution is -1.89. The van der Waals surface area contributed by atoms with Gasteiger partial charge in [0.1, 0.15) is 0 Å². The SMILES string of the molecule is C=Cc1cccc(/C=N\c2nc(N=C)c(F)cc2F)c1. The summed E-state index contributed by atoms with van der Waals surface area (Å²) in [5.74, 6) is -2.24. The van der Waals surface area contributed by atoms with Gasteiger partial charge in [0.25, 0.3) is 0 Å². The molecule has 0 aliphatic carbocycles. The zero-order valence-corrected chi connectivity index (χ0v) is 10.6. The van der Waals surface area contributed by atoms with Crippen LogP contribution in [0.25, 0.3) is 6.08 Å². The minimum absolute atomic E-state index is 0.238. The summed E-state index contributed by atoms with van der Waals surface area (Å²) in [5, 5.41) is 0. The molecule has 0 atom stereocenters. The Morgan fingerprint density at radius 2 is 1.75 bits per heavy atom. The van der Waals surface area contributed by atoms with Crippen molar-refractivity contribution in [3.63, 3.8) is 0 Å². The van der Waals surface area contributed by atoms with E-state index in [4.69, 9.17) is 0 Å². The number of hydrogen-bond acceptors (Lipinski definition) is 3. The van der Waals surface area contributed by atoms with E-state index in [1.165, 1.54) is 6.21 Å². The zero-order chi connectivity index (χ0) is 14.5. The molecule has 20 heavy (non-hydrogen) atoms. The predicted octanol–water partition coefficient (Wildman–Crippen LogP) is 4.09. The van der Waals surface area contributed by atoms with E-state index in [0.717, 1.165) is 11.1 Å². The van der Waals surface area contributed by atoms with Crippen molar-refractivity contribution in [3.8, 4) is 0 Å². The second-order valence-electron chi connectivity index (χ2n) is 3.89. The summed E-state index contributed by atoms with van der Waals surface area (Å²) in [6, 6.07) is 8.00. The van der Waals surface area contributed by atoms with E-state index in [2.05, 4.69) is 28.3 Å². The van der Waals surface area contributed by atoms with Crippen LogP contribution in [0, 0.1) is 11.6 Å². The van der Waals surface area contributed by atoms with Crippen LogP contribution < -0.4 is 0 Å². The molecule has 0 unspecified atom stereocenters. The lowest BCUT2D eigenvalue weighted by Gasteiger charge is -2.00. The largest absolute Gasteiger partial charge is 0.242 e. The number of benzene rings is 1. The average molecular weight is 271 g/mol. The standard InChI is InChI=1S/C15H11F2N3/c1-3-10-5-4-6-11(7-10)9-19-15-13(17)8-12(16)14(18-2)20-15/h3-9H,1-2H2/b19-9-. The molecule has 0 spiro atoms. The molecular weight excluding hydrogens is 260 g/mol. The van der Waals surface area contributed by atoms with Crippen molar-refractivity contribution in [3.05, 3.63) is 59.7 Å². The van der Waals surface area contributed by atoms with Crippen LogP contribution >= 0.6 is 0 Å². The van der Waals surface area contributed by atoms with Gasteiger partial charge in [0.15, 0.2) is 23.3 Å². The van der Waals surface area contributed by atoms with Gasteiger partial charge in [-0.25, -0.2) is 23.7 Å². The van der Waals surface area contributed by atoms with Crippen molar-refractivity contribution >= 4 is 30.6 Å². The van der Waals surface area contributed by atoms with Crippen LogP contribution in [-0.2, 0) is 0 Å². The predicted molar refractivity (Wildman–Crippen MR) is 77.1 cm³/mol. The average Bonchev–Trinajstić information content (AvgIpc) is 2.46. The van der Waals surface area contributed by atoms with E-state index in [1.54, 1.807) is 12.1 Å². The highest BCUT2D eigenvalue weighted by Crippen LogP contribution is 2.22. The van der Waals surface area contributed by atoms with E-state index in [1.807, 2.05) is 18.2 Å². The molecule has 5 heteroatoms. The molecule has 0 saturated heterocycles. The van der Waals surface area contributed by atoms with Gasteiger partial charge in [0.05, 0.1) is 0 Å². The van der Waals surface area contributed by atoms with Crippen molar-refractivity contribution in [2.75, 3.05) is 0 Å². The van der Waals surface area contributed by atoms with Crippen LogP contribution in [0.3, 0.4) is 0 Å². The van der Waals surface area contributed by atoms with Crippen LogP contribution in [0.5, 0.6) is 0 Å². The first kappa shape index (κ1) is 13.7. The van der Waals surface area contributed by atoms with E-state index >= 15 is 0 Å². The van der Waals surface area contributed by atoms with Gasteiger partial charge in [0, 0.05) is 12.3 Å². The summed E-state index contributed by atoms with van der Waals surface area (Å²) in [7, 11) is 0. The summed E-state index contributed by atoms with van der Waals surface area (Å²) >= 11 is 0. The summed E-state index contributed by atoms with van der Waals surface area (Å²) in [6.07, 6.45) is 3.12. The molecule has 0 N–H and O–H groups in total. The van der Waals surface area contributed by atoms with E-state index < -0.39 is 11.6 Å². The third-order valence-electron chi connectivity index (χ3n) is 2.52. The number of aromatic nitrogens is 1. The van der Waals surface area contributed by atoms with Crippen LogP contribution in [-0.4, -0.2) is 17.9 Å². The van der Waals surface area contributed by atoms with Gasteiger partial charge in [-0.05, 0) is 23.9 Å². The Labute approximate surface area is 115 Å². The number of pyridine rings is 1. The molecule has 100 valence electrons. The molecule has 0 fully saturated rings. The molecule has 0 aliphatic rings. The summed E-state index contributed by atoms with van der Waals surface area (Å²) in [4.78, 5) is 10.9. The fourth-order valence-electron chi connectivity index (χ4n) is 1.55. The molecule has 0 radical (unpaired) electrons. The van der Waals surface area contributed by atoms with Crippen molar-refractivity contribution < 1.29 is 8.78 Å². The molecule has 2 aromatic rings. The smallest absolute Gasteiger partial charge is 0.190 e. The maximum absolute atomic E-state index is 13.5. The van der Waals surface area contributed by atoms with E-state index in [0.29, 0.717) is 6.07 Å². The maximum atomic E-state index is 13.5. The quantitative estimate of drug-likeness (QED) is 0.772. The van der Waals surface area contributed by atoms with Gasteiger partial charge in [-0.2, -0.15) is 0 Å². The molecule has 1 aromatic carbocycles. The Morgan fingerprint density at radius 1 is 1.05 bits per heavy atom.